The van der Waals surface area contributed by atoms with Gasteiger partial charge in [0.15, 0.2) is 6.61 Å². The number of carbonyl (C=O) groups is 1. The first kappa shape index (κ1) is 22.5. The van der Waals surface area contributed by atoms with Crippen LogP contribution >= 0.6 is 0 Å². The minimum Gasteiger partial charge on any atom is -0.484 e. The van der Waals surface area contributed by atoms with Crippen LogP contribution in [0, 0.1) is 5.82 Å². The third-order valence-corrected chi connectivity index (χ3v) is 6.10. The number of nitrogens with one attached hydrogen (secondary N) is 2. The standard InChI is InChI=1S/C23H23FN2O4S/c1-17(19-5-3-2-4-6-19)26-31(28,29)22-13-11-21(12-14-22)30-16-23(27)25-15-18-7-9-20(24)10-8-18/h2-14,17,26H,15-16H2,1H3,(H,25,27). The van der Waals surface area contributed by atoms with Crippen molar-refractivity contribution >= 4 is 15.9 Å². The zero-order valence-electron chi connectivity index (χ0n) is 16.9. The summed E-state index contributed by atoms with van der Waals surface area (Å²) in [6.45, 7) is 1.80. The fraction of sp³-hybridized carbons (Fsp3) is 0.174. The molecule has 8 heteroatoms. The summed E-state index contributed by atoms with van der Waals surface area (Å²) in [6.07, 6.45) is 0. The SMILES string of the molecule is CC(NS(=O)(=O)c1ccc(OCC(=O)NCc2ccc(F)cc2)cc1)c1ccccc1. The lowest BCUT2D eigenvalue weighted by atomic mass is 10.1. The van der Waals surface area contributed by atoms with Gasteiger partial charge in [0.2, 0.25) is 10.0 Å². The van der Waals surface area contributed by atoms with E-state index in [0.29, 0.717) is 5.75 Å². The summed E-state index contributed by atoms with van der Waals surface area (Å²) in [6, 6.07) is 20.5. The van der Waals surface area contributed by atoms with Crippen molar-refractivity contribution in [3.63, 3.8) is 0 Å². The van der Waals surface area contributed by atoms with E-state index in [1.165, 1.54) is 36.4 Å². The highest BCUT2D eigenvalue weighted by Crippen LogP contribution is 2.19. The molecule has 0 saturated carbocycles. The number of hydrogen-bond donors (Lipinski definition) is 2. The third kappa shape index (κ3) is 6.63. The molecule has 0 aliphatic carbocycles. The lowest BCUT2D eigenvalue weighted by Gasteiger charge is -2.15. The van der Waals surface area contributed by atoms with Crippen molar-refractivity contribution in [2.45, 2.75) is 24.4 Å². The van der Waals surface area contributed by atoms with Gasteiger partial charge in [-0.1, -0.05) is 42.5 Å². The van der Waals surface area contributed by atoms with Gasteiger partial charge in [-0.25, -0.2) is 17.5 Å². The molecule has 6 nitrogen and oxygen atoms in total. The van der Waals surface area contributed by atoms with Crippen molar-refractivity contribution in [2.75, 3.05) is 6.61 Å². The Morgan fingerprint density at radius 2 is 1.61 bits per heavy atom. The number of ether oxygens (including phenoxy) is 1. The van der Waals surface area contributed by atoms with Crippen molar-refractivity contribution in [3.05, 3.63) is 95.8 Å². The van der Waals surface area contributed by atoms with Gasteiger partial charge in [0.05, 0.1) is 4.90 Å². The van der Waals surface area contributed by atoms with Gasteiger partial charge >= 0.3 is 0 Å². The highest BCUT2D eigenvalue weighted by molar-refractivity contribution is 7.89. The highest BCUT2D eigenvalue weighted by atomic mass is 32.2. The first-order valence-electron chi connectivity index (χ1n) is 9.65. The number of rotatable bonds is 9. The molecule has 0 aromatic heterocycles. The van der Waals surface area contributed by atoms with Crippen molar-refractivity contribution in [1.29, 1.82) is 0 Å². The molecule has 2 N–H and O–H groups in total. The molecule has 3 aromatic rings. The molecule has 0 saturated heterocycles. The van der Waals surface area contributed by atoms with E-state index in [0.717, 1.165) is 11.1 Å². The zero-order chi connectivity index (χ0) is 22.3. The van der Waals surface area contributed by atoms with E-state index in [4.69, 9.17) is 4.74 Å². The summed E-state index contributed by atoms with van der Waals surface area (Å²) in [5.74, 6) is -0.319. The number of amides is 1. The van der Waals surface area contributed by atoms with Crippen molar-refractivity contribution < 1.29 is 22.3 Å². The average Bonchev–Trinajstić information content (AvgIpc) is 2.78. The zero-order valence-corrected chi connectivity index (χ0v) is 17.7. The largest absolute Gasteiger partial charge is 0.484 e. The second-order valence-corrected chi connectivity index (χ2v) is 8.63. The van der Waals surface area contributed by atoms with Crippen LogP contribution in [0.1, 0.15) is 24.1 Å². The number of halogens is 1. The van der Waals surface area contributed by atoms with Crippen LogP contribution < -0.4 is 14.8 Å². The summed E-state index contributed by atoms with van der Waals surface area (Å²) in [7, 11) is -3.71. The van der Waals surface area contributed by atoms with Crippen LogP contribution in [0.15, 0.2) is 83.8 Å². The predicted molar refractivity (Wildman–Crippen MR) is 115 cm³/mol. The molecule has 1 amide bonds. The lowest BCUT2D eigenvalue weighted by molar-refractivity contribution is -0.123. The lowest BCUT2D eigenvalue weighted by Crippen LogP contribution is -2.28. The van der Waals surface area contributed by atoms with E-state index < -0.39 is 10.0 Å². The fourth-order valence-electron chi connectivity index (χ4n) is 2.83. The molecule has 0 aliphatic heterocycles. The van der Waals surface area contributed by atoms with Gasteiger partial charge < -0.3 is 10.1 Å². The molecule has 1 atom stereocenters. The maximum atomic E-state index is 12.9. The summed E-state index contributed by atoms with van der Waals surface area (Å²) in [4.78, 5) is 12.0. The molecule has 0 spiro atoms. The van der Waals surface area contributed by atoms with Crippen molar-refractivity contribution in [1.82, 2.24) is 10.0 Å². The molecule has 0 heterocycles. The Kier molecular flexibility index (Phi) is 7.38. The molecule has 1 unspecified atom stereocenters. The van der Waals surface area contributed by atoms with Crippen molar-refractivity contribution in [2.24, 2.45) is 0 Å². The molecular formula is C23H23FN2O4S. The third-order valence-electron chi connectivity index (χ3n) is 4.54. The maximum absolute atomic E-state index is 12.9. The van der Waals surface area contributed by atoms with Crippen LogP contribution in [0.25, 0.3) is 0 Å². The molecule has 3 aromatic carbocycles. The van der Waals surface area contributed by atoms with Gasteiger partial charge in [-0.05, 0) is 54.4 Å². The topological polar surface area (TPSA) is 84.5 Å². The van der Waals surface area contributed by atoms with Gasteiger partial charge in [0, 0.05) is 12.6 Å². The number of hydrogen-bond acceptors (Lipinski definition) is 4. The maximum Gasteiger partial charge on any atom is 0.258 e. The Bertz CT molecular complexity index is 1100. The van der Waals surface area contributed by atoms with E-state index in [2.05, 4.69) is 10.0 Å². The Hall–Kier alpha value is -3.23. The Morgan fingerprint density at radius 3 is 2.26 bits per heavy atom. The van der Waals surface area contributed by atoms with Gasteiger partial charge in [0.25, 0.3) is 5.91 Å². The van der Waals surface area contributed by atoms with Crippen LogP contribution in [-0.2, 0) is 21.4 Å². The van der Waals surface area contributed by atoms with E-state index in [9.17, 15) is 17.6 Å². The van der Waals surface area contributed by atoms with Gasteiger partial charge in [-0.3, -0.25) is 4.79 Å². The first-order valence-corrected chi connectivity index (χ1v) is 11.1. The van der Waals surface area contributed by atoms with Crippen LogP contribution in [0.5, 0.6) is 5.75 Å². The minimum absolute atomic E-state index is 0.100. The molecule has 31 heavy (non-hydrogen) atoms. The molecule has 0 bridgehead atoms. The van der Waals surface area contributed by atoms with E-state index in [-0.39, 0.29) is 35.8 Å². The smallest absolute Gasteiger partial charge is 0.258 e. The first-order chi connectivity index (χ1) is 14.8. The van der Waals surface area contributed by atoms with Gasteiger partial charge in [-0.2, -0.15) is 0 Å². The Morgan fingerprint density at radius 1 is 0.968 bits per heavy atom. The molecule has 0 fully saturated rings. The molecule has 0 radical (unpaired) electrons. The quantitative estimate of drug-likeness (QED) is 0.531. The van der Waals surface area contributed by atoms with E-state index in [1.807, 2.05) is 30.3 Å². The fourth-order valence-corrected chi connectivity index (χ4v) is 4.06. The predicted octanol–water partition coefficient (Wildman–Crippen LogP) is 3.56. The van der Waals surface area contributed by atoms with E-state index in [1.54, 1.807) is 19.1 Å². The number of benzene rings is 3. The van der Waals surface area contributed by atoms with Crippen molar-refractivity contribution in [3.8, 4) is 5.75 Å². The highest BCUT2D eigenvalue weighted by Gasteiger charge is 2.18. The summed E-state index contributed by atoms with van der Waals surface area (Å²) >= 11 is 0. The Labute approximate surface area is 181 Å². The summed E-state index contributed by atoms with van der Waals surface area (Å²) < 4.78 is 46.1. The van der Waals surface area contributed by atoms with Gasteiger partial charge in [0.1, 0.15) is 11.6 Å². The summed E-state index contributed by atoms with van der Waals surface area (Å²) in [5, 5.41) is 2.67. The second-order valence-electron chi connectivity index (χ2n) is 6.92. The minimum atomic E-state index is -3.71. The Balaban J connectivity index is 1.51. The second kappa shape index (κ2) is 10.2. The normalized spacial score (nSPS) is 12.2. The van der Waals surface area contributed by atoms with Crippen LogP contribution in [-0.4, -0.2) is 20.9 Å². The number of carbonyl (C=O) groups excluding carboxylic acids is 1. The number of sulfonamides is 1. The van der Waals surface area contributed by atoms with Crippen LogP contribution in [0.4, 0.5) is 4.39 Å². The van der Waals surface area contributed by atoms with Gasteiger partial charge in [-0.15, -0.1) is 0 Å². The van der Waals surface area contributed by atoms with Crippen LogP contribution in [0.3, 0.4) is 0 Å². The summed E-state index contributed by atoms with van der Waals surface area (Å²) in [5.41, 5.74) is 1.62. The molecule has 0 aliphatic rings. The molecule has 3 rings (SSSR count). The molecule has 162 valence electrons. The monoisotopic (exact) mass is 442 g/mol. The molecular weight excluding hydrogens is 419 g/mol. The van der Waals surface area contributed by atoms with E-state index >= 15 is 0 Å². The van der Waals surface area contributed by atoms with Crippen LogP contribution in [0.2, 0.25) is 0 Å². The average molecular weight is 443 g/mol.